The molecule has 0 radical (unpaired) electrons. The van der Waals surface area contributed by atoms with Gasteiger partial charge in [-0.2, -0.15) is 0 Å². The molecule has 0 saturated carbocycles. The lowest BCUT2D eigenvalue weighted by molar-refractivity contribution is -0.140. The summed E-state index contributed by atoms with van der Waals surface area (Å²) in [6, 6.07) is 13.8. The fraction of sp³-hybridized carbons (Fsp3) is 0.360. The molecule has 2 heterocycles. The minimum Gasteiger partial charge on any atom is -0.507 e. The van der Waals surface area contributed by atoms with Crippen molar-refractivity contribution in [3.8, 4) is 5.75 Å². The second-order valence-corrected chi connectivity index (χ2v) is 8.09. The van der Waals surface area contributed by atoms with E-state index < -0.39 is 17.7 Å². The van der Waals surface area contributed by atoms with Crippen LogP contribution in [0.2, 0.25) is 0 Å². The maximum Gasteiger partial charge on any atom is 0.295 e. The molecule has 168 valence electrons. The molecule has 7 nitrogen and oxygen atoms in total. The van der Waals surface area contributed by atoms with Crippen molar-refractivity contribution in [1.82, 2.24) is 9.80 Å². The number of nitrogens with zero attached hydrogens (tertiary/aromatic N) is 2. The zero-order valence-corrected chi connectivity index (χ0v) is 18.4. The number of ketones is 1. The van der Waals surface area contributed by atoms with Gasteiger partial charge in [0, 0.05) is 31.7 Å². The highest BCUT2D eigenvalue weighted by atomic mass is 16.5. The molecular formula is C25H28N2O5. The number of likely N-dealkylation sites (tertiary alicyclic amines) is 1. The lowest BCUT2D eigenvalue weighted by atomic mass is 9.95. The third-order valence-electron chi connectivity index (χ3n) is 6.06. The van der Waals surface area contributed by atoms with Crippen molar-refractivity contribution >= 4 is 17.4 Å². The molecule has 1 atom stereocenters. The predicted molar refractivity (Wildman–Crippen MR) is 120 cm³/mol. The Kier molecular flexibility index (Phi) is 6.58. The largest absolute Gasteiger partial charge is 0.507 e. The Balaban J connectivity index is 1.72. The summed E-state index contributed by atoms with van der Waals surface area (Å²) < 4.78 is 10.7. The molecule has 2 aromatic rings. The lowest BCUT2D eigenvalue weighted by Gasteiger charge is -2.31. The first kappa shape index (κ1) is 22.0. The summed E-state index contributed by atoms with van der Waals surface area (Å²) in [6.45, 7) is 5.87. The van der Waals surface area contributed by atoms with Crippen molar-refractivity contribution in [3.05, 3.63) is 70.8 Å². The van der Waals surface area contributed by atoms with Gasteiger partial charge in [-0.25, -0.2) is 0 Å². The predicted octanol–water partition coefficient (Wildman–Crippen LogP) is 2.76. The zero-order chi connectivity index (χ0) is 22.7. The van der Waals surface area contributed by atoms with Crippen LogP contribution in [0.3, 0.4) is 0 Å². The molecule has 0 aromatic heterocycles. The topological polar surface area (TPSA) is 79.3 Å². The van der Waals surface area contributed by atoms with Crippen LogP contribution in [-0.4, -0.2) is 73.1 Å². The Bertz CT molecular complexity index is 1010. The van der Waals surface area contributed by atoms with E-state index in [-0.39, 0.29) is 11.3 Å². The molecule has 2 aromatic carbocycles. The van der Waals surface area contributed by atoms with Gasteiger partial charge in [-0.05, 0) is 24.6 Å². The van der Waals surface area contributed by atoms with E-state index in [9.17, 15) is 14.7 Å². The van der Waals surface area contributed by atoms with Gasteiger partial charge in [0.2, 0.25) is 0 Å². The van der Waals surface area contributed by atoms with Crippen LogP contribution in [0, 0.1) is 6.92 Å². The summed E-state index contributed by atoms with van der Waals surface area (Å²) in [7, 11) is 1.58. The van der Waals surface area contributed by atoms with Crippen molar-refractivity contribution in [2.24, 2.45) is 0 Å². The average Bonchev–Trinajstić information content (AvgIpc) is 3.08. The molecule has 32 heavy (non-hydrogen) atoms. The molecule has 2 aliphatic rings. The van der Waals surface area contributed by atoms with Crippen molar-refractivity contribution in [1.29, 1.82) is 0 Å². The summed E-state index contributed by atoms with van der Waals surface area (Å²) in [6.07, 6.45) is 0. The number of aliphatic hydroxyl groups excluding tert-OH is 1. The second-order valence-electron chi connectivity index (χ2n) is 8.09. The molecule has 2 aliphatic heterocycles. The summed E-state index contributed by atoms with van der Waals surface area (Å²) in [5, 5.41) is 11.1. The molecule has 7 heteroatoms. The zero-order valence-electron chi connectivity index (χ0n) is 18.4. The first-order chi connectivity index (χ1) is 15.5. The van der Waals surface area contributed by atoms with Gasteiger partial charge < -0.3 is 19.5 Å². The Morgan fingerprint density at radius 1 is 1.03 bits per heavy atom. The quantitative estimate of drug-likeness (QED) is 0.426. The Morgan fingerprint density at radius 3 is 2.31 bits per heavy atom. The minimum absolute atomic E-state index is 0.117. The monoisotopic (exact) mass is 436 g/mol. The van der Waals surface area contributed by atoms with E-state index in [0.29, 0.717) is 37.6 Å². The van der Waals surface area contributed by atoms with Gasteiger partial charge in [0.15, 0.2) is 0 Å². The molecule has 2 saturated heterocycles. The third-order valence-corrected chi connectivity index (χ3v) is 6.06. The van der Waals surface area contributed by atoms with Crippen LogP contribution in [0.1, 0.15) is 22.7 Å². The minimum atomic E-state index is -0.664. The Labute approximate surface area is 187 Å². The van der Waals surface area contributed by atoms with Gasteiger partial charge in [0.25, 0.3) is 11.7 Å². The van der Waals surface area contributed by atoms with E-state index in [0.717, 1.165) is 24.2 Å². The smallest absolute Gasteiger partial charge is 0.295 e. The number of Topliss-reactive ketones (excluding diaryl/α,β-unsaturated/α-hetero) is 1. The number of morpholine rings is 1. The van der Waals surface area contributed by atoms with Crippen LogP contribution in [0.15, 0.2) is 54.1 Å². The Morgan fingerprint density at radius 2 is 1.69 bits per heavy atom. The van der Waals surface area contributed by atoms with Gasteiger partial charge in [-0.3, -0.25) is 14.5 Å². The number of aliphatic hydroxyl groups is 1. The van der Waals surface area contributed by atoms with Crippen LogP contribution in [0.5, 0.6) is 5.75 Å². The van der Waals surface area contributed by atoms with Crippen LogP contribution in [0.25, 0.3) is 5.76 Å². The molecule has 4 rings (SSSR count). The highest BCUT2D eigenvalue weighted by Crippen LogP contribution is 2.39. The van der Waals surface area contributed by atoms with Crippen LogP contribution >= 0.6 is 0 Å². The van der Waals surface area contributed by atoms with Crippen LogP contribution in [0.4, 0.5) is 0 Å². The number of ether oxygens (including phenoxy) is 2. The highest BCUT2D eigenvalue weighted by Gasteiger charge is 2.46. The number of hydrogen-bond acceptors (Lipinski definition) is 6. The van der Waals surface area contributed by atoms with Gasteiger partial charge in [0.05, 0.1) is 31.9 Å². The first-order valence-electron chi connectivity index (χ1n) is 10.8. The van der Waals surface area contributed by atoms with E-state index in [2.05, 4.69) is 4.90 Å². The molecule has 1 N–H and O–H groups in total. The molecule has 0 unspecified atom stereocenters. The molecule has 0 spiro atoms. The average molecular weight is 437 g/mol. The molecule has 2 fully saturated rings. The second kappa shape index (κ2) is 9.54. The number of aryl methyl sites for hydroxylation is 1. The standard InChI is InChI=1S/C25H28N2O5/c1-17-3-5-19(6-4-17)23(28)21-22(18-7-9-20(31-2)10-8-18)27(25(30)24(21)29)12-11-26-13-15-32-16-14-26/h3-10,22,28H,11-16H2,1-2H3/t22-/m0/s1. The van der Waals surface area contributed by atoms with Gasteiger partial charge in [-0.1, -0.05) is 42.0 Å². The van der Waals surface area contributed by atoms with Crippen molar-refractivity contribution in [2.45, 2.75) is 13.0 Å². The molecule has 0 aliphatic carbocycles. The summed E-state index contributed by atoms with van der Waals surface area (Å²) in [4.78, 5) is 29.9. The van der Waals surface area contributed by atoms with Gasteiger partial charge in [-0.15, -0.1) is 0 Å². The normalized spacial score (nSPS) is 21.2. The number of carbonyl (C=O) groups excluding carboxylic acids is 2. The molecule has 1 amide bonds. The fourth-order valence-corrected chi connectivity index (χ4v) is 4.18. The summed E-state index contributed by atoms with van der Waals surface area (Å²) in [5.41, 5.74) is 2.42. The highest BCUT2D eigenvalue weighted by molar-refractivity contribution is 6.46. The van der Waals surface area contributed by atoms with Gasteiger partial charge >= 0.3 is 0 Å². The summed E-state index contributed by atoms with van der Waals surface area (Å²) >= 11 is 0. The van der Waals surface area contributed by atoms with Crippen molar-refractivity contribution in [2.75, 3.05) is 46.5 Å². The maximum absolute atomic E-state index is 13.1. The maximum atomic E-state index is 13.1. The van der Waals surface area contributed by atoms with E-state index in [1.807, 2.05) is 31.2 Å². The lowest BCUT2D eigenvalue weighted by Crippen LogP contribution is -2.42. The third kappa shape index (κ3) is 4.40. The van der Waals surface area contributed by atoms with Crippen molar-refractivity contribution < 1.29 is 24.2 Å². The number of amides is 1. The van der Waals surface area contributed by atoms with Crippen LogP contribution < -0.4 is 4.74 Å². The van der Waals surface area contributed by atoms with E-state index in [1.54, 1.807) is 36.3 Å². The summed E-state index contributed by atoms with van der Waals surface area (Å²) in [5.74, 6) is -0.728. The van der Waals surface area contributed by atoms with E-state index in [4.69, 9.17) is 9.47 Å². The number of benzene rings is 2. The molecular weight excluding hydrogens is 408 g/mol. The number of methoxy groups -OCH3 is 1. The molecule has 0 bridgehead atoms. The van der Waals surface area contributed by atoms with E-state index in [1.165, 1.54) is 0 Å². The Hall–Kier alpha value is -3.16. The number of rotatable bonds is 6. The van der Waals surface area contributed by atoms with Gasteiger partial charge in [0.1, 0.15) is 11.5 Å². The number of hydrogen-bond donors (Lipinski definition) is 1. The fourth-order valence-electron chi connectivity index (χ4n) is 4.18. The van der Waals surface area contributed by atoms with Crippen LogP contribution in [-0.2, 0) is 14.3 Å². The van der Waals surface area contributed by atoms with E-state index >= 15 is 0 Å². The SMILES string of the molecule is COc1ccc([C@H]2C(=C(O)c3ccc(C)cc3)C(=O)C(=O)N2CCN2CCOCC2)cc1. The first-order valence-corrected chi connectivity index (χ1v) is 10.8. The van der Waals surface area contributed by atoms with Crippen molar-refractivity contribution in [3.63, 3.8) is 0 Å². The number of carbonyl (C=O) groups is 2.